The van der Waals surface area contributed by atoms with Gasteiger partial charge in [-0.2, -0.15) is 0 Å². The number of rotatable bonds is 5. The molecule has 0 aromatic heterocycles. The fourth-order valence-electron chi connectivity index (χ4n) is 3.33. The maximum absolute atomic E-state index is 5.72. The van der Waals surface area contributed by atoms with E-state index in [0.717, 1.165) is 26.2 Å². The quantitative estimate of drug-likeness (QED) is 0.825. The molecule has 0 bridgehead atoms. The van der Waals surface area contributed by atoms with E-state index >= 15 is 0 Å². The summed E-state index contributed by atoms with van der Waals surface area (Å²) in [5.41, 5.74) is 1.44. The van der Waals surface area contributed by atoms with Crippen molar-refractivity contribution < 1.29 is 9.47 Å². The molecule has 2 aliphatic heterocycles. The van der Waals surface area contributed by atoms with Gasteiger partial charge in [0.2, 0.25) is 0 Å². The van der Waals surface area contributed by atoms with Crippen LogP contribution < -0.4 is 0 Å². The average molecular weight is 275 g/mol. The third kappa shape index (κ3) is 3.60. The van der Waals surface area contributed by atoms with E-state index in [1.165, 1.54) is 37.8 Å². The van der Waals surface area contributed by atoms with Gasteiger partial charge in [-0.1, -0.05) is 36.8 Å². The number of hydrogen-bond donors (Lipinski definition) is 0. The summed E-state index contributed by atoms with van der Waals surface area (Å²) in [7, 11) is 0. The van der Waals surface area contributed by atoms with Crippen molar-refractivity contribution in [2.24, 2.45) is 0 Å². The molecule has 0 aliphatic carbocycles. The molecular weight excluding hydrogens is 250 g/mol. The Hall–Kier alpha value is -0.900. The molecule has 20 heavy (non-hydrogen) atoms. The Bertz CT molecular complexity index is 389. The Morgan fingerprint density at radius 3 is 2.65 bits per heavy atom. The number of aryl methyl sites for hydroxylation is 1. The molecule has 1 aromatic carbocycles. The number of likely N-dealkylation sites (tertiary alicyclic amines) is 1. The molecule has 110 valence electrons. The van der Waals surface area contributed by atoms with E-state index in [1.54, 1.807) is 0 Å². The zero-order valence-corrected chi connectivity index (χ0v) is 12.2. The lowest BCUT2D eigenvalue weighted by Gasteiger charge is -2.38. The van der Waals surface area contributed by atoms with Crippen molar-refractivity contribution in [2.75, 3.05) is 26.3 Å². The monoisotopic (exact) mass is 275 g/mol. The molecule has 0 saturated carbocycles. The molecule has 1 unspecified atom stereocenters. The molecule has 0 radical (unpaired) electrons. The molecule has 0 N–H and O–H groups in total. The maximum Gasteiger partial charge on any atom is 0.173 e. The van der Waals surface area contributed by atoms with Gasteiger partial charge in [-0.05, 0) is 44.3 Å². The average Bonchev–Trinajstić information content (AvgIpc) is 3.03. The van der Waals surface area contributed by atoms with Crippen LogP contribution in [0.2, 0.25) is 0 Å². The molecule has 1 aromatic rings. The largest absolute Gasteiger partial charge is 0.349 e. The first-order valence-corrected chi connectivity index (χ1v) is 7.95. The highest BCUT2D eigenvalue weighted by molar-refractivity contribution is 5.14. The Kier molecular flexibility index (Phi) is 5.06. The SMILES string of the molecule is c1ccc(CCCN2CCCCC2C2OCCO2)cc1. The van der Waals surface area contributed by atoms with Crippen LogP contribution in [0.5, 0.6) is 0 Å². The van der Waals surface area contributed by atoms with Crippen LogP contribution in [-0.2, 0) is 15.9 Å². The molecule has 2 heterocycles. The van der Waals surface area contributed by atoms with Gasteiger partial charge in [0.25, 0.3) is 0 Å². The lowest BCUT2D eigenvalue weighted by molar-refractivity contribution is -0.109. The van der Waals surface area contributed by atoms with Gasteiger partial charge in [0, 0.05) is 0 Å². The van der Waals surface area contributed by atoms with E-state index in [0.29, 0.717) is 6.04 Å². The predicted molar refractivity (Wildman–Crippen MR) is 79.7 cm³/mol. The van der Waals surface area contributed by atoms with E-state index in [4.69, 9.17) is 9.47 Å². The molecule has 3 nitrogen and oxygen atoms in total. The van der Waals surface area contributed by atoms with Crippen LogP contribution in [0, 0.1) is 0 Å². The van der Waals surface area contributed by atoms with E-state index in [9.17, 15) is 0 Å². The maximum atomic E-state index is 5.72. The van der Waals surface area contributed by atoms with Crippen LogP contribution in [0.3, 0.4) is 0 Å². The van der Waals surface area contributed by atoms with Crippen molar-refractivity contribution in [3.05, 3.63) is 35.9 Å². The van der Waals surface area contributed by atoms with Gasteiger partial charge < -0.3 is 9.47 Å². The number of benzene rings is 1. The standard InChI is InChI=1S/C17H25NO2/c1-2-7-15(8-3-1)9-6-12-18-11-5-4-10-16(18)17-19-13-14-20-17/h1-3,7-8,16-17H,4-6,9-14H2. The fraction of sp³-hybridized carbons (Fsp3) is 0.647. The zero-order valence-electron chi connectivity index (χ0n) is 12.2. The fourth-order valence-corrected chi connectivity index (χ4v) is 3.33. The van der Waals surface area contributed by atoms with Crippen LogP contribution in [0.1, 0.15) is 31.2 Å². The first kappa shape index (κ1) is 14.1. The molecule has 3 rings (SSSR count). The van der Waals surface area contributed by atoms with Gasteiger partial charge in [-0.15, -0.1) is 0 Å². The lowest BCUT2D eigenvalue weighted by atomic mass is 10.0. The molecule has 3 heteroatoms. The van der Waals surface area contributed by atoms with E-state index in [1.807, 2.05) is 0 Å². The summed E-state index contributed by atoms with van der Waals surface area (Å²) in [5.74, 6) is 0. The van der Waals surface area contributed by atoms with Gasteiger partial charge in [0.15, 0.2) is 6.29 Å². The second-order valence-electron chi connectivity index (χ2n) is 5.80. The van der Waals surface area contributed by atoms with E-state index < -0.39 is 0 Å². The topological polar surface area (TPSA) is 21.7 Å². The van der Waals surface area contributed by atoms with Crippen molar-refractivity contribution in [3.8, 4) is 0 Å². The number of nitrogens with zero attached hydrogens (tertiary/aromatic N) is 1. The smallest absolute Gasteiger partial charge is 0.173 e. The Morgan fingerprint density at radius 1 is 1.05 bits per heavy atom. The number of hydrogen-bond acceptors (Lipinski definition) is 3. The third-order valence-electron chi connectivity index (χ3n) is 4.38. The minimum absolute atomic E-state index is 0.0204. The summed E-state index contributed by atoms with van der Waals surface area (Å²) in [5, 5.41) is 0. The second kappa shape index (κ2) is 7.21. The van der Waals surface area contributed by atoms with E-state index in [-0.39, 0.29) is 6.29 Å². The van der Waals surface area contributed by atoms with Crippen LogP contribution in [0.25, 0.3) is 0 Å². The van der Waals surface area contributed by atoms with Crippen LogP contribution in [0.15, 0.2) is 30.3 Å². The second-order valence-corrected chi connectivity index (χ2v) is 5.80. The summed E-state index contributed by atoms with van der Waals surface area (Å²) >= 11 is 0. The zero-order chi connectivity index (χ0) is 13.6. The molecular formula is C17H25NO2. The van der Waals surface area contributed by atoms with Gasteiger partial charge in [-0.25, -0.2) is 0 Å². The summed E-state index contributed by atoms with van der Waals surface area (Å²) in [4.78, 5) is 2.59. The predicted octanol–water partition coefficient (Wildman–Crippen LogP) is 2.85. The molecule has 2 aliphatic rings. The van der Waals surface area contributed by atoms with Crippen molar-refractivity contribution in [3.63, 3.8) is 0 Å². The minimum Gasteiger partial charge on any atom is -0.349 e. The number of piperidine rings is 1. The highest BCUT2D eigenvalue weighted by Crippen LogP contribution is 2.24. The highest BCUT2D eigenvalue weighted by atomic mass is 16.7. The molecule has 2 saturated heterocycles. The van der Waals surface area contributed by atoms with Crippen molar-refractivity contribution >= 4 is 0 Å². The van der Waals surface area contributed by atoms with Crippen LogP contribution in [0.4, 0.5) is 0 Å². The van der Waals surface area contributed by atoms with Crippen LogP contribution >= 0.6 is 0 Å². The van der Waals surface area contributed by atoms with Crippen LogP contribution in [-0.4, -0.2) is 43.5 Å². The summed E-state index contributed by atoms with van der Waals surface area (Å²) < 4.78 is 11.4. The summed E-state index contributed by atoms with van der Waals surface area (Å²) in [6.45, 7) is 3.88. The molecule has 1 atom stereocenters. The van der Waals surface area contributed by atoms with Crippen molar-refractivity contribution in [2.45, 2.75) is 44.4 Å². The minimum atomic E-state index is 0.0204. The first-order valence-electron chi connectivity index (χ1n) is 7.95. The third-order valence-corrected chi connectivity index (χ3v) is 4.38. The van der Waals surface area contributed by atoms with Gasteiger partial charge in [0.05, 0.1) is 19.3 Å². The Balaban J connectivity index is 1.49. The lowest BCUT2D eigenvalue weighted by Crippen LogP contribution is -2.47. The van der Waals surface area contributed by atoms with Crippen molar-refractivity contribution in [1.82, 2.24) is 4.90 Å². The summed E-state index contributed by atoms with van der Waals surface area (Å²) in [6, 6.07) is 11.2. The van der Waals surface area contributed by atoms with Crippen molar-refractivity contribution in [1.29, 1.82) is 0 Å². The Labute approximate surface area is 121 Å². The van der Waals surface area contributed by atoms with E-state index in [2.05, 4.69) is 35.2 Å². The van der Waals surface area contributed by atoms with Gasteiger partial charge in [-0.3, -0.25) is 4.90 Å². The van der Waals surface area contributed by atoms with Gasteiger partial charge >= 0.3 is 0 Å². The molecule has 2 fully saturated rings. The highest BCUT2D eigenvalue weighted by Gasteiger charge is 2.33. The van der Waals surface area contributed by atoms with Gasteiger partial charge in [0.1, 0.15) is 0 Å². The normalized spacial score (nSPS) is 25.1. The molecule has 0 spiro atoms. The number of ether oxygens (including phenoxy) is 2. The summed E-state index contributed by atoms with van der Waals surface area (Å²) in [6.07, 6.45) is 6.24. The first-order chi connectivity index (χ1) is 9.93. The molecule has 0 amide bonds. The Morgan fingerprint density at radius 2 is 1.85 bits per heavy atom.